The first-order valence-corrected chi connectivity index (χ1v) is 6.82. The summed E-state index contributed by atoms with van der Waals surface area (Å²) in [5.41, 5.74) is 0.660. The second-order valence-corrected chi connectivity index (χ2v) is 5.38. The zero-order valence-electron chi connectivity index (χ0n) is 10.9. The van der Waals surface area contributed by atoms with Crippen LogP contribution in [0.25, 0.3) is 0 Å². The normalized spacial score (nSPS) is 12.6. The Morgan fingerprint density at radius 1 is 1.28 bits per heavy atom. The van der Waals surface area contributed by atoms with Crippen LogP contribution in [0.5, 0.6) is 0 Å². The van der Waals surface area contributed by atoms with E-state index < -0.39 is 0 Å². The average Bonchev–Trinajstić information content (AvgIpc) is 2.28. The van der Waals surface area contributed by atoms with Gasteiger partial charge in [0.15, 0.2) is 0 Å². The molecule has 4 heteroatoms. The minimum atomic E-state index is -0.191. The Balaban J connectivity index is 2.68. The predicted molar refractivity (Wildman–Crippen MR) is 74.9 cm³/mol. The molecule has 18 heavy (non-hydrogen) atoms. The van der Waals surface area contributed by atoms with Crippen LogP contribution in [0.2, 0.25) is 10.0 Å². The average molecular weight is 289 g/mol. The molecule has 1 atom stereocenters. The number of hydrogen-bond donors (Lipinski definition) is 0. The number of ether oxygens (including phenoxy) is 1. The topological polar surface area (TPSA) is 26.3 Å². The molecule has 0 aliphatic carbocycles. The quantitative estimate of drug-likeness (QED) is 0.733. The van der Waals surface area contributed by atoms with E-state index in [4.69, 9.17) is 27.9 Å². The monoisotopic (exact) mass is 288 g/mol. The highest BCUT2D eigenvalue weighted by Crippen LogP contribution is 2.26. The van der Waals surface area contributed by atoms with Crippen molar-refractivity contribution in [3.05, 3.63) is 33.8 Å². The molecule has 0 saturated carbocycles. The van der Waals surface area contributed by atoms with Gasteiger partial charge in [-0.25, -0.2) is 0 Å². The van der Waals surface area contributed by atoms with Gasteiger partial charge in [-0.05, 0) is 24.5 Å². The first-order valence-electron chi connectivity index (χ1n) is 6.06. The van der Waals surface area contributed by atoms with E-state index in [2.05, 4.69) is 0 Å². The lowest BCUT2D eigenvalue weighted by molar-refractivity contribution is -0.151. The maximum Gasteiger partial charge on any atom is 0.309 e. The minimum Gasteiger partial charge on any atom is -0.460 e. The van der Waals surface area contributed by atoms with E-state index in [1.165, 1.54) is 0 Å². The third-order valence-corrected chi connectivity index (χ3v) is 3.68. The first kappa shape index (κ1) is 15.3. The van der Waals surface area contributed by atoms with Gasteiger partial charge in [-0.15, -0.1) is 0 Å². The van der Waals surface area contributed by atoms with Gasteiger partial charge >= 0.3 is 5.97 Å². The van der Waals surface area contributed by atoms with E-state index in [0.717, 1.165) is 6.42 Å². The molecule has 1 aromatic rings. The standard InChI is InChI=1S/C14H18Cl2O2/c1-4-10(9(2)3)14(17)18-8-11-12(15)6-5-7-13(11)16/h5-7,9-10H,4,8H2,1-3H3. The molecule has 0 fully saturated rings. The van der Waals surface area contributed by atoms with Gasteiger partial charge in [0.1, 0.15) is 6.61 Å². The smallest absolute Gasteiger partial charge is 0.309 e. The van der Waals surface area contributed by atoms with Crippen LogP contribution in [-0.4, -0.2) is 5.97 Å². The predicted octanol–water partition coefficient (Wildman–Crippen LogP) is 4.72. The summed E-state index contributed by atoms with van der Waals surface area (Å²) in [7, 11) is 0. The summed E-state index contributed by atoms with van der Waals surface area (Å²) in [5, 5.41) is 1.04. The van der Waals surface area contributed by atoms with Crippen molar-refractivity contribution in [1.29, 1.82) is 0 Å². The highest BCUT2D eigenvalue weighted by atomic mass is 35.5. The zero-order chi connectivity index (χ0) is 13.7. The molecule has 0 amide bonds. The van der Waals surface area contributed by atoms with Crippen molar-refractivity contribution >= 4 is 29.2 Å². The fourth-order valence-corrected chi connectivity index (χ4v) is 2.34. The number of hydrogen-bond acceptors (Lipinski definition) is 2. The fourth-order valence-electron chi connectivity index (χ4n) is 1.83. The minimum absolute atomic E-state index is 0.0775. The molecule has 2 nitrogen and oxygen atoms in total. The molecular weight excluding hydrogens is 271 g/mol. The molecule has 0 radical (unpaired) electrons. The summed E-state index contributed by atoms with van der Waals surface area (Å²) in [5.74, 6) is -0.000957. The second kappa shape index (κ2) is 7.01. The van der Waals surface area contributed by atoms with E-state index in [9.17, 15) is 4.79 Å². The van der Waals surface area contributed by atoms with Crippen molar-refractivity contribution in [2.45, 2.75) is 33.8 Å². The first-order chi connectivity index (χ1) is 8.47. The van der Waals surface area contributed by atoms with Gasteiger partial charge in [-0.2, -0.15) is 0 Å². The van der Waals surface area contributed by atoms with Crippen molar-refractivity contribution in [3.8, 4) is 0 Å². The Morgan fingerprint density at radius 3 is 2.28 bits per heavy atom. The largest absolute Gasteiger partial charge is 0.460 e. The molecule has 0 spiro atoms. The van der Waals surface area contributed by atoms with E-state index in [-0.39, 0.29) is 24.4 Å². The summed E-state index contributed by atoms with van der Waals surface area (Å²) in [6, 6.07) is 5.23. The number of halogens is 2. The lowest BCUT2D eigenvalue weighted by Gasteiger charge is -2.18. The van der Waals surface area contributed by atoms with Crippen LogP contribution < -0.4 is 0 Å². The maximum absolute atomic E-state index is 11.9. The van der Waals surface area contributed by atoms with Crippen molar-refractivity contribution in [3.63, 3.8) is 0 Å². The van der Waals surface area contributed by atoms with E-state index >= 15 is 0 Å². The van der Waals surface area contributed by atoms with Crippen LogP contribution >= 0.6 is 23.2 Å². The molecule has 0 aliphatic rings. The summed E-state index contributed by atoms with van der Waals surface area (Å²) >= 11 is 12.0. The molecule has 0 heterocycles. The van der Waals surface area contributed by atoms with Crippen LogP contribution in [0.1, 0.15) is 32.8 Å². The highest BCUT2D eigenvalue weighted by Gasteiger charge is 2.22. The number of carbonyl (C=O) groups excluding carboxylic acids is 1. The molecule has 0 bridgehead atoms. The Kier molecular flexibility index (Phi) is 5.97. The van der Waals surface area contributed by atoms with Crippen LogP contribution in [0.3, 0.4) is 0 Å². The second-order valence-electron chi connectivity index (χ2n) is 4.57. The molecular formula is C14H18Cl2O2. The molecule has 1 rings (SSSR count). The molecule has 100 valence electrons. The maximum atomic E-state index is 11.9. The van der Waals surface area contributed by atoms with E-state index in [0.29, 0.717) is 15.6 Å². The summed E-state index contributed by atoms with van der Waals surface area (Å²) in [4.78, 5) is 11.9. The molecule has 0 saturated heterocycles. The van der Waals surface area contributed by atoms with Crippen LogP contribution in [0.15, 0.2) is 18.2 Å². The molecule has 0 aromatic heterocycles. The van der Waals surface area contributed by atoms with Crippen molar-refractivity contribution < 1.29 is 9.53 Å². The number of esters is 1. The van der Waals surface area contributed by atoms with E-state index in [1.807, 2.05) is 20.8 Å². The Morgan fingerprint density at radius 2 is 1.83 bits per heavy atom. The van der Waals surface area contributed by atoms with Gasteiger partial charge in [0, 0.05) is 15.6 Å². The summed E-state index contributed by atoms with van der Waals surface area (Å²) in [6.07, 6.45) is 0.771. The van der Waals surface area contributed by atoms with E-state index in [1.54, 1.807) is 18.2 Å². The van der Waals surface area contributed by atoms with Crippen molar-refractivity contribution in [2.24, 2.45) is 11.8 Å². The van der Waals surface area contributed by atoms with Crippen LogP contribution in [0.4, 0.5) is 0 Å². The van der Waals surface area contributed by atoms with Gasteiger partial charge in [0.2, 0.25) is 0 Å². The third kappa shape index (κ3) is 3.89. The zero-order valence-corrected chi connectivity index (χ0v) is 12.4. The Hall–Kier alpha value is -0.730. The Labute approximate surface area is 118 Å². The van der Waals surface area contributed by atoms with Gasteiger partial charge in [-0.1, -0.05) is 50.0 Å². The van der Waals surface area contributed by atoms with Gasteiger partial charge in [0.25, 0.3) is 0 Å². The molecule has 0 aliphatic heterocycles. The molecule has 0 N–H and O–H groups in total. The SMILES string of the molecule is CCC(C(=O)OCc1c(Cl)cccc1Cl)C(C)C. The number of benzene rings is 1. The summed E-state index contributed by atoms with van der Waals surface area (Å²) in [6.45, 7) is 6.13. The van der Waals surface area contributed by atoms with Gasteiger partial charge in [0.05, 0.1) is 5.92 Å². The van der Waals surface area contributed by atoms with Gasteiger partial charge in [-0.3, -0.25) is 4.79 Å². The lowest BCUT2D eigenvalue weighted by atomic mass is 9.93. The van der Waals surface area contributed by atoms with Crippen LogP contribution in [0, 0.1) is 11.8 Å². The van der Waals surface area contributed by atoms with Crippen LogP contribution in [-0.2, 0) is 16.1 Å². The molecule has 1 aromatic carbocycles. The fraction of sp³-hybridized carbons (Fsp3) is 0.500. The summed E-state index contributed by atoms with van der Waals surface area (Å²) < 4.78 is 5.30. The lowest BCUT2D eigenvalue weighted by Crippen LogP contribution is -2.22. The van der Waals surface area contributed by atoms with Gasteiger partial charge < -0.3 is 4.74 Å². The number of rotatable bonds is 5. The van der Waals surface area contributed by atoms with Crippen molar-refractivity contribution in [2.75, 3.05) is 0 Å². The highest BCUT2D eigenvalue weighted by molar-refractivity contribution is 6.35. The molecule has 1 unspecified atom stereocenters. The third-order valence-electron chi connectivity index (χ3n) is 2.97. The number of carbonyl (C=O) groups is 1. The van der Waals surface area contributed by atoms with Crippen molar-refractivity contribution in [1.82, 2.24) is 0 Å². The Bertz CT molecular complexity index is 396.